The van der Waals surface area contributed by atoms with E-state index in [2.05, 4.69) is 15.8 Å². The number of carbonyl (C=O) groups excluding carboxylic acids is 1. The number of hydrogen-bond donors (Lipinski definition) is 4. The molecule has 0 atom stereocenters. The molecule has 0 radical (unpaired) electrons. The average molecular weight is 323 g/mol. The normalized spacial score (nSPS) is 11.1. The molecule has 0 unspecified atom stereocenters. The molecule has 0 bridgehead atoms. The van der Waals surface area contributed by atoms with Crippen molar-refractivity contribution < 1.29 is 14.4 Å². The lowest BCUT2D eigenvalue weighted by atomic mass is 10.2. The Morgan fingerprint density at radius 2 is 1.73 bits per heavy atom. The number of benzene rings is 2. The number of halogens is 2. The molecule has 114 valence electrons. The lowest BCUT2D eigenvalue weighted by Crippen LogP contribution is -2.19. The number of rotatable bonds is 3. The van der Waals surface area contributed by atoms with Crippen LogP contribution in [0.15, 0.2) is 47.6 Å². The standard InChI is InChI=1S/C14H12ClFN4O2/c15-11-7-10(5-6-12(11)16)19-14(21)18-9-3-1-8(2-4-9)13(17)20-22/h1-7,22H,(H2,17,20)(H2,18,19,21). The minimum absolute atomic E-state index is 0.0306. The summed E-state index contributed by atoms with van der Waals surface area (Å²) >= 11 is 5.63. The molecule has 0 spiro atoms. The lowest BCUT2D eigenvalue weighted by molar-refractivity contribution is 0.262. The molecule has 0 saturated heterocycles. The maximum absolute atomic E-state index is 13.0. The molecule has 2 amide bonds. The van der Waals surface area contributed by atoms with Crippen LogP contribution in [0.4, 0.5) is 20.6 Å². The van der Waals surface area contributed by atoms with Crippen molar-refractivity contribution in [3.8, 4) is 0 Å². The largest absolute Gasteiger partial charge is 0.409 e. The maximum Gasteiger partial charge on any atom is 0.323 e. The summed E-state index contributed by atoms with van der Waals surface area (Å²) < 4.78 is 13.0. The van der Waals surface area contributed by atoms with Crippen LogP contribution in [0.5, 0.6) is 0 Å². The summed E-state index contributed by atoms with van der Waals surface area (Å²) in [6.45, 7) is 0. The number of anilines is 2. The zero-order valence-electron chi connectivity index (χ0n) is 11.2. The summed E-state index contributed by atoms with van der Waals surface area (Å²) in [6.07, 6.45) is 0. The van der Waals surface area contributed by atoms with Crippen molar-refractivity contribution in [3.63, 3.8) is 0 Å². The Balaban J connectivity index is 2.01. The fourth-order valence-electron chi connectivity index (χ4n) is 1.65. The highest BCUT2D eigenvalue weighted by molar-refractivity contribution is 6.31. The highest BCUT2D eigenvalue weighted by Gasteiger charge is 2.06. The van der Waals surface area contributed by atoms with Crippen LogP contribution in [0.25, 0.3) is 0 Å². The summed E-state index contributed by atoms with van der Waals surface area (Å²) in [5.41, 5.74) is 6.80. The Morgan fingerprint density at radius 3 is 2.32 bits per heavy atom. The van der Waals surface area contributed by atoms with Crippen molar-refractivity contribution >= 4 is 34.8 Å². The molecule has 2 rings (SSSR count). The van der Waals surface area contributed by atoms with Crippen LogP contribution in [0, 0.1) is 5.82 Å². The molecular weight excluding hydrogens is 311 g/mol. The van der Waals surface area contributed by atoms with Gasteiger partial charge in [-0.3, -0.25) is 0 Å². The molecule has 8 heteroatoms. The molecule has 0 saturated carbocycles. The van der Waals surface area contributed by atoms with Gasteiger partial charge in [-0.25, -0.2) is 9.18 Å². The maximum atomic E-state index is 13.0. The highest BCUT2D eigenvalue weighted by atomic mass is 35.5. The third-order valence-corrected chi connectivity index (χ3v) is 3.01. The number of nitrogens with two attached hydrogens (primary N) is 1. The number of hydrogen-bond acceptors (Lipinski definition) is 3. The molecule has 2 aromatic rings. The van der Waals surface area contributed by atoms with Gasteiger partial charge in [-0.15, -0.1) is 0 Å². The fourth-order valence-corrected chi connectivity index (χ4v) is 1.83. The lowest BCUT2D eigenvalue weighted by Gasteiger charge is -2.08. The van der Waals surface area contributed by atoms with Crippen molar-refractivity contribution in [1.82, 2.24) is 0 Å². The van der Waals surface area contributed by atoms with E-state index in [1.54, 1.807) is 24.3 Å². The van der Waals surface area contributed by atoms with Gasteiger partial charge < -0.3 is 21.6 Å². The number of nitrogens with zero attached hydrogens (tertiary/aromatic N) is 1. The molecule has 2 aromatic carbocycles. The average Bonchev–Trinajstić information content (AvgIpc) is 2.51. The van der Waals surface area contributed by atoms with Crippen LogP contribution in [0.1, 0.15) is 5.56 Å². The third-order valence-electron chi connectivity index (χ3n) is 2.72. The van der Waals surface area contributed by atoms with Gasteiger partial charge in [0.05, 0.1) is 5.02 Å². The van der Waals surface area contributed by atoms with E-state index in [4.69, 9.17) is 22.5 Å². The summed E-state index contributed by atoms with van der Waals surface area (Å²) in [5, 5.41) is 16.4. The van der Waals surface area contributed by atoms with E-state index in [0.717, 1.165) is 6.07 Å². The second-order valence-corrected chi connectivity index (χ2v) is 4.68. The quantitative estimate of drug-likeness (QED) is 0.302. The number of carbonyl (C=O) groups is 1. The van der Waals surface area contributed by atoms with Gasteiger partial charge in [-0.1, -0.05) is 16.8 Å². The van der Waals surface area contributed by atoms with E-state index in [-0.39, 0.29) is 10.9 Å². The highest BCUT2D eigenvalue weighted by Crippen LogP contribution is 2.19. The Bertz CT molecular complexity index is 719. The second kappa shape index (κ2) is 6.77. The smallest absolute Gasteiger partial charge is 0.323 e. The predicted octanol–water partition coefficient (Wildman–Crippen LogP) is 3.22. The van der Waals surface area contributed by atoms with Gasteiger partial charge in [-0.2, -0.15) is 0 Å². The van der Waals surface area contributed by atoms with Crippen molar-refractivity contribution in [2.75, 3.05) is 10.6 Å². The number of nitrogens with one attached hydrogen (secondary N) is 2. The molecule has 5 N–H and O–H groups in total. The summed E-state index contributed by atoms with van der Waals surface area (Å²) in [5.74, 6) is -0.594. The van der Waals surface area contributed by atoms with E-state index in [0.29, 0.717) is 16.9 Å². The van der Waals surface area contributed by atoms with Gasteiger partial charge >= 0.3 is 6.03 Å². The van der Waals surface area contributed by atoms with Crippen LogP contribution >= 0.6 is 11.6 Å². The van der Waals surface area contributed by atoms with Crippen molar-refractivity contribution in [3.05, 3.63) is 58.9 Å². The number of urea groups is 1. The van der Waals surface area contributed by atoms with E-state index in [1.807, 2.05) is 0 Å². The third kappa shape index (κ3) is 3.86. The first-order valence-electron chi connectivity index (χ1n) is 6.10. The SMILES string of the molecule is NC(=NO)c1ccc(NC(=O)Nc2ccc(F)c(Cl)c2)cc1. The molecule has 0 heterocycles. The van der Waals surface area contributed by atoms with Crippen molar-refractivity contribution in [2.45, 2.75) is 0 Å². The zero-order chi connectivity index (χ0) is 16.1. The molecule has 0 aromatic heterocycles. The Labute approximate surface area is 130 Å². The Hall–Kier alpha value is -2.80. The van der Waals surface area contributed by atoms with E-state index < -0.39 is 11.8 Å². The zero-order valence-corrected chi connectivity index (χ0v) is 11.9. The summed E-state index contributed by atoms with van der Waals surface area (Å²) in [7, 11) is 0. The molecule has 0 fully saturated rings. The first-order chi connectivity index (χ1) is 10.5. The number of amidine groups is 1. The molecule has 0 aliphatic heterocycles. The van der Waals surface area contributed by atoms with Crippen LogP contribution in [0.3, 0.4) is 0 Å². The van der Waals surface area contributed by atoms with Crippen LogP contribution < -0.4 is 16.4 Å². The van der Waals surface area contributed by atoms with Gasteiger partial charge in [0.1, 0.15) is 5.82 Å². The number of oxime groups is 1. The molecule has 6 nitrogen and oxygen atoms in total. The van der Waals surface area contributed by atoms with Crippen LogP contribution in [-0.4, -0.2) is 17.1 Å². The second-order valence-electron chi connectivity index (χ2n) is 4.27. The minimum Gasteiger partial charge on any atom is -0.409 e. The van der Waals surface area contributed by atoms with Crippen molar-refractivity contribution in [2.24, 2.45) is 10.9 Å². The summed E-state index contributed by atoms with van der Waals surface area (Å²) in [4.78, 5) is 11.8. The Kier molecular flexibility index (Phi) is 4.80. The Morgan fingerprint density at radius 1 is 1.14 bits per heavy atom. The van der Waals surface area contributed by atoms with Gasteiger partial charge in [0.15, 0.2) is 5.84 Å². The fraction of sp³-hybridized carbons (Fsp3) is 0. The molecule has 22 heavy (non-hydrogen) atoms. The monoisotopic (exact) mass is 322 g/mol. The van der Waals surface area contributed by atoms with E-state index >= 15 is 0 Å². The van der Waals surface area contributed by atoms with Gasteiger partial charge in [-0.05, 0) is 42.5 Å². The van der Waals surface area contributed by atoms with Crippen LogP contribution in [-0.2, 0) is 0 Å². The van der Waals surface area contributed by atoms with E-state index in [1.165, 1.54) is 12.1 Å². The first-order valence-corrected chi connectivity index (χ1v) is 6.48. The van der Waals surface area contributed by atoms with E-state index in [9.17, 15) is 9.18 Å². The van der Waals surface area contributed by atoms with Crippen molar-refractivity contribution in [1.29, 1.82) is 0 Å². The molecule has 0 aliphatic carbocycles. The topological polar surface area (TPSA) is 99.7 Å². The minimum atomic E-state index is -0.564. The predicted molar refractivity (Wildman–Crippen MR) is 83.0 cm³/mol. The first kappa shape index (κ1) is 15.6. The number of amides is 2. The van der Waals surface area contributed by atoms with Crippen LogP contribution in [0.2, 0.25) is 5.02 Å². The molecular formula is C14H12ClFN4O2. The van der Waals surface area contributed by atoms with Gasteiger partial charge in [0.25, 0.3) is 0 Å². The summed E-state index contributed by atoms with van der Waals surface area (Å²) in [6, 6.07) is 9.68. The van der Waals surface area contributed by atoms with Gasteiger partial charge in [0.2, 0.25) is 0 Å². The molecule has 0 aliphatic rings. The van der Waals surface area contributed by atoms with Gasteiger partial charge in [0, 0.05) is 16.9 Å².